The van der Waals surface area contributed by atoms with E-state index in [2.05, 4.69) is 42.0 Å². The van der Waals surface area contributed by atoms with Gasteiger partial charge in [0.2, 0.25) is 0 Å². The van der Waals surface area contributed by atoms with Gasteiger partial charge in [-0.2, -0.15) is 0 Å². The average molecular weight is 326 g/mol. The van der Waals surface area contributed by atoms with Crippen molar-refractivity contribution in [1.29, 1.82) is 0 Å². The minimum atomic E-state index is 0.166. The Balaban J connectivity index is 2.10. The number of aromatic amines is 1. The minimum Gasteiger partial charge on any atom is -0.362 e. The predicted molar refractivity (Wildman–Crippen MR) is 97.8 cm³/mol. The van der Waals surface area contributed by atoms with Crippen LogP contribution in [0.1, 0.15) is 52.9 Å². The van der Waals surface area contributed by atoms with Crippen LogP contribution in [-0.4, -0.2) is 9.97 Å². The first-order valence-electron chi connectivity index (χ1n) is 7.95. The third kappa shape index (κ3) is 2.95. The molecule has 0 saturated carbocycles. The van der Waals surface area contributed by atoms with Gasteiger partial charge in [-0.25, -0.2) is 4.98 Å². The molecule has 0 bridgehead atoms. The lowest BCUT2D eigenvalue weighted by atomic mass is 9.95. The van der Waals surface area contributed by atoms with Gasteiger partial charge < -0.3 is 4.98 Å². The Bertz CT molecular complexity index is 934. The molecule has 120 valence electrons. The quantitative estimate of drug-likeness (QED) is 0.763. The van der Waals surface area contributed by atoms with Gasteiger partial charge in [0.15, 0.2) is 5.43 Å². The summed E-state index contributed by atoms with van der Waals surface area (Å²) in [6.45, 7) is 10.1. The molecule has 0 amide bonds. The molecule has 2 aromatic heterocycles. The summed E-state index contributed by atoms with van der Waals surface area (Å²) >= 11 is 1.70. The Morgan fingerprint density at radius 2 is 1.96 bits per heavy atom. The van der Waals surface area contributed by atoms with Crippen LogP contribution in [0.4, 0.5) is 0 Å². The van der Waals surface area contributed by atoms with Crippen molar-refractivity contribution in [3.63, 3.8) is 0 Å². The molecule has 0 unspecified atom stereocenters. The molecule has 2 heterocycles. The van der Waals surface area contributed by atoms with Crippen molar-refractivity contribution >= 4 is 21.6 Å². The zero-order chi connectivity index (χ0) is 16.7. The molecule has 1 aromatic carbocycles. The zero-order valence-electron chi connectivity index (χ0n) is 14.3. The maximum atomic E-state index is 12.8. The second-order valence-electron chi connectivity index (χ2n) is 6.46. The molecule has 0 saturated heterocycles. The van der Waals surface area contributed by atoms with Gasteiger partial charge in [0.25, 0.3) is 0 Å². The minimum absolute atomic E-state index is 0.166. The molecule has 3 aromatic rings. The predicted octanol–water partition coefficient (Wildman–Crippen LogP) is 4.62. The number of H-pyrrole nitrogens is 1. The van der Waals surface area contributed by atoms with Crippen LogP contribution in [-0.2, 0) is 6.42 Å². The normalized spacial score (nSPS) is 11.6. The number of benzene rings is 1. The van der Waals surface area contributed by atoms with E-state index in [-0.39, 0.29) is 5.43 Å². The highest BCUT2D eigenvalue weighted by Gasteiger charge is 2.15. The Hall–Kier alpha value is -1.94. The fourth-order valence-corrected chi connectivity index (χ4v) is 3.77. The van der Waals surface area contributed by atoms with Crippen LogP contribution < -0.4 is 5.43 Å². The van der Waals surface area contributed by atoms with E-state index in [0.29, 0.717) is 12.3 Å². The number of hydrogen-bond donors (Lipinski definition) is 1. The van der Waals surface area contributed by atoms with Crippen molar-refractivity contribution in [1.82, 2.24) is 9.97 Å². The number of nitrogens with one attached hydrogen (secondary N) is 1. The molecule has 23 heavy (non-hydrogen) atoms. The van der Waals surface area contributed by atoms with Crippen LogP contribution in [0.2, 0.25) is 0 Å². The maximum absolute atomic E-state index is 12.8. The van der Waals surface area contributed by atoms with Crippen LogP contribution in [0.15, 0.2) is 23.0 Å². The molecule has 1 N–H and O–H groups in total. The Labute approximate surface area is 140 Å². The monoisotopic (exact) mass is 326 g/mol. The van der Waals surface area contributed by atoms with Gasteiger partial charge >= 0.3 is 0 Å². The lowest BCUT2D eigenvalue weighted by Gasteiger charge is -2.15. The van der Waals surface area contributed by atoms with E-state index in [1.165, 1.54) is 4.70 Å². The molecule has 3 nitrogen and oxygen atoms in total. The summed E-state index contributed by atoms with van der Waals surface area (Å²) in [5, 5.41) is 1.07. The number of aryl methyl sites for hydroxylation is 2. The van der Waals surface area contributed by atoms with Crippen molar-refractivity contribution in [2.24, 2.45) is 0 Å². The lowest BCUT2D eigenvalue weighted by molar-refractivity contribution is 0.788. The Morgan fingerprint density at radius 1 is 1.22 bits per heavy atom. The van der Waals surface area contributed by atoms with Gasteiger partial charge in [-0.3, -0.25) is 4.79 Å². The fourth-order valence-electron chi connectivity index (χ4n) is 2.96. The molecular weight excluding hydrogens is 304 g/mol. The molecular formula is C19H22N2OS. The van der Waals surface area contributed by atoms with Gasteiger partial charge in [-0.15, -0.1) is 11.3 Å². The number of rotatable bonds is 3. The van der Waals surface area contributed by atoms with Crippen LogP contribution in [0.5, 0.6) is 0 Å². The third-order valence-corrected chi connectivity index (χ3v) is 5.29. The largest absolute Gasteiger partial charge is 0.362 e. The first-order chi connectivity index (χ1) is 10.9. The van der Waals surface area contributed by atoms with E-state index in [0.717, 1.165) is 38.6 Å². The van der Waals surface area contributed by atoms with Crippen LogP contribution >= 0.6 is 11.3 Å². The van der Waals surface area contributed by atoms with Crippen molar-refractivity contribution in [2.75, 3.05) is 0 Å². The maximum Gasteiger partial charge on any atom is 0.188 e. The van der Waals surface area contributed by atoms with Gasteiger partial charge in [-0.1, -0.05) is 19.9 Å². The van der Waals surface area contributed by atoms with E-state index in [1.54, 1.807) is 11.3 Å². The Kier molecular flexibility index (Phi) is 4.11. The summed E-state index contributed by atoms with van der Waals surface area (Å²) < 4.78 is 1.20. The molecule has 0 atom stereocenters. The first-order valence-corrected chi connectivity index (χ1v) is 8.76. The summed E-state index contributed by atoms with van der Waals surface area (Å²) in [7, 11) is 0. The SMILES string of the molecule is Cc1nc2cc(Cc3c(C(C)C)[nH]c(C)c(C)c3=O)ccc2s1. The van der Waals surface area contributed by atoms with Crippen LogP contribution in [0.3, 0.4) is 0 Å². The molecule has 3 rings (SSSR count). The standard InChI is InChI=1S/C19H22N2OS/c1-10(2)18-15(19(22)11(3)12(4)20-18)8-14-6-7-17-16(9-14)21-13(5)23-17/h6-7,9-10H,8H2,1-5H3,(H,20,22). The number of aromatic nitrogens is 2. The number of hydrogen-bond acceptors (Lipinski definition) is 3. The number of pyridine rings is 1. The topological polar surface area (TPSA) is 45.8 Å². The van der Waals surface area contributed by atoms with Crippen molar-refractivity contribution < 1.29 is 0 Å². The number of fused-ring (bicyclic) bond motifs is 1. The molecule has 0 spiro atoms. The third-order valence-electron chi connectivity index (χ3n) is 4.34. The highest BCUT2D eigenvalue weighted by Crippen LogP contribution is 2.25. The summed E-state index contributed by atoms with van der Waals surface area (Å²) in [5.41, 5.74) is 6.04. The second kappa shape index (κ2) is 5.93. The zero-order valence-corrected chi connectivity index (χ0v) is 15.1. The van der Waals surface area contributed by atoms with E-state index >= 15 is 0 Å². The van der Waals surface area contributed by atoms with Crippen LogP contribution in [0.25, 0.3) is 10.2 Å². The summed E-state index contributed by atoms with van der Waals surface area (Å²) in [6, 6.07) is 6.33. The van der Waals surface area contributed by atoms with Gasteiger partial charge in [0.05, 0.1) is 15.2 Å². The van der Waals surface area contributed by atoms with Gasteiger partial charge in [0, 0.05) is 28.9 Å². The van der Waals surface area contributed by atoms with E-state index in [9.17, 15) is 4.79 Å². The molecule has 0 radical (unpaired) electrons. The molecule has 0 fully saturated rings. The summed E-state index contributed by atoms with van der Waals surface area (Å²) in [6.07, 6.45) is 0.649. The van der Waals surface area contributed by atoms with Gasteiger partial charge in [0.1, 0.15) is 0 Å². The van der Waals surface area contributed by atoms with Crippen molar-refractivity contribution in [3.05, 3.63) is 61.5 Å². The first kappa shape index (κ1) is 15.9. The highest BCUT2D eigenvalue weighted by molar-refractivity contribution is 7.18. The molecule has 0 aliphatic heterocycles. The lowest BCUT2D eigenvalue weighted by Crippen LogP contribution is -2.20. The van der Waals surface area contributed by atoms with Crippen LogP contribution in [0, 0.1) is 20.8 Å². The van der Waals surface area contributed by atoms with E-state index < -0.39 is 0 Å². The summed E-state index contributed by atoms with van der Waals surface area (Å²) in [5.74, 6) is 0.294. The highest BCUT2D eigenvalue weighted by atomic mass is 32.1. The molecule has 0 aliphatic carbocycles. The average Bonchev–Trinajstić information content (AvgIpc) is 2.86. The summed E-state index contributed by atoms with van der Waals surface area (Å²) in [4.78, 5) is 20.7. The smallest absolute Gasteiger partial charge is 0.188 e. The second-order valence-corrected chi connectivity index (χ2v) is 7.70. The van der Waals surface area contributed by atoms with Crippen molar-refractivity contribution in [2.45, 2.75) is 47.0 Å². The molecule has 0 aliphatic rings. The molecule has 4 heteroatoms. The van der Waals surface area contributed by atoms with E-state index in [1.807, 2.05) is 20.8 Å². The van der Waals surface area contributed by atoms with E-state index in [4.69, 9.17) is 0 Å². The van der Waals surface area contributed by atoms with Crippen molar-refractivity contribution in [3.8, 4) is 0 Å². The number of nitrogens with zero attached hydrogens (tertiary/aromatic N) is 1. The Morgan fingerprint density at radius 3 is 2.65 bits per heavy atom. The number of thiazole rings is 1. The van der Waals surface area contributed by atoms with Gasteiger partial charge in [-0.05, 0) is 44.4 Å². The fraction of sp³-hybridized carbons (Fsp3) is 0.368.